The fraction of sp³-hybridized carbons (Fsp3) is 0.160. The quantitative estimate of drug-likeness (QED) is 0.414. The van der Waals surface area contributed by atoms with Gasteiger partial charge >= 0.3 is 6.03 Å². The smallest absolute Gasteiger partial charge is 0.335 e. The first-order chi connectivity index (χ1) is 16.0. The van der Waals surface area contributed by atoms with Crippen LogP contribution < -0.4 is 15.0 Å². The first-order valence-electron chi connectivity index (χ1n) is 10.5. The first-order valence-corrected chi connectivity index (χ1v) is 10.9. The largest absolute Gasteiger partial charge is 0.490 e. The standard InChI is InChI=1S/C25H22ClN3O4/c1-2-17-9-11-18(12-10-17)29-24(31)20(23(30)27-25(29)32)16-19-6-5-13-28(19)14-15-33-22-8-4-3-7-21(22)26/h3-13,16H,2,14-15H2,1H3,(H,27,30,32). The van der Waals surface area contributed by atoms with E-state index >= 15 is 0 Å². The zero-order valence-electron chi connectivity index (χ0n) is 18.0. The minimum atomic E-state index is -0.769. The summed E-state index contributed by atoms with van der Waals surface area (Å²) in [7, 11) is 0. The molecular weight excluding hydrogens is 442 g/mol. The SMILES string of the molecule is CCc1ccc(N2C(=O)NC(=O)C(=Cc3cccn3CCOc3ccccc3Cl)C2=O)cc1. The second-order valence-electron chi connectivity index (χ2n) is 7.38. The summed E-state index contributed by atoms with van der Waals surface area (Å²) in [4.78, 5) is 38.9. The maximum absolute atomic E-state index is 13.1. The molecule has 3 aromatic rings. The number of amides is 4. The average molecular weight is 464 g/mol. The van der Waals surface area contributed by atoms with E-state index < -0.39 is 17.8 Å². The number of carbonyl (C=O) groups excluding carboxylic acids is 3. The van der Waals surface area contributed by atoms with Crippen molar-refractivity contribution < 1.29 is 19.1 Å². The van der Waals surface area contributed by atoms with E-state index in [0.29, 0.717) is 35.3 Å². The van der Waals surface area contributed by atoms with Crippen molar-refractivity contribution in [1.82, 2.24) is 9.88 Å². The molecule has 1 fully saturated rings. The predicted octanol–water partition coefficient (Wildman–Crippen LogP) is 4.45. The third-order valence-electron chi connectivity index (χ3n) is 5.29. The highest BCUT2D eigenvalue weighted by molar-refractivity contribution is 6.39. The highest BCUT2D eigenvalue weighted by atomic mass is 35.5. The second-order valence-corrected chi connectivity index (χ2v) is 7.79. The third kappa shape index (κ3) is 4.83. The lowest BCUT2D eigenvalue weighted by Gasteiger charge is -2.26. The van der Waals surface area contributed by atoms with E-state index in [4.69, 9.17) is 16.3 Å². The van der Waals surface area contributed by atoms with Gasteiger partial charge in [0.1, 0.15) is 17.9 Å². The van der Waals surface area contributed by atoms with Crippen molar-refractivity contribution in [3.05, 3.63) is 88.7 Å². The molecule has 33 heavy (non-hydrogen) atoms. The van der Waals surface area contributed by atoms with Crippen molar-refractivity contribution in [2.24, 2.45) is 0 Å². The molecule has 1 aliphatic heterocycles. The number of imide groups is 2. The summed E-state index contributed by atoms with van der Waals surface area (Å²) in [5.41, 5.74) is 1.98. The summed E-state index contributed by atoms with van der Waals surface area (Å²) in [6.45, 7) is 2.82. The Kier molecular flexibility index (Phi) is 6.60. The van der Waals surface area contributed by atoms with Gasteiger partial charge in [0, 0.05) is 11.9 Å². The van der Waals surface area contributed by atoms with Crippen LogP contribution in [0.3, 0.4) is 0 Å². The summed E-state index contributed by atoms with van der Waals surface area (Å²) >= 11 is 6.11. The lowest BCUT2D eigenvalue weighted by molar-refractivity contribution is -0.122. The number of para-hydroxylation sites is 1. The number of hydrogen-bond acceptors (Lipinski definition) is 4. The first kappa shape index (κ1) is 22.4. The Morgan fingerprint density at radius 3 is 2.48 bits per heavy atom. The molecule has 0 unspecified atom stereocenters. The van der Waals surface area contributed by atoms with Crippen LogP contribution in [0, 0.1) is 0 Å². The molecule has 0 bridgehead atoms. The lowest BCUT2D eigenvalue weighted by atomic mass is 10.1. The molecule has 168 valence electrons. The molecule has 0 spiro atoms. The van der Waals surface area contributed by atoms with Crippen LogP contribution in [0.2, 0.25) is 5.02 Å². The summed E-state index contributed by atoms with van der Waals surface area (Å²) in [6.07, 6.45) is 4.13. The summed E-state index contributed by atoms with van der Waals surface area (Å²) < 4.78 is 7.58. The van der Waals surface area contributed by atoms with Crippen LogP contribution in [0.25, 0.3) is 6.08 Å². The van der Waals surface area contributed by atoms with Crippen molar-refractivity contribution in [3.63, 3.8) is 0 Å². The lowest BCUT2D eigenvalue weighted by Crippen LogP contribution is -2.54. The average Bonchev–Trinajstić information content (AvgIpc) is 3.25. The molecule has 1 aromatic heterocycles. The maximum atomic E-state index is 13.1. The maximum Gasteiger partial charge on any atom is 0.335 e. The molecule has 2 aromatic carbocycles. The number of rotatable bonds is 7. The number of urea groups is 1. The summed E-state index contributed by atoms with van der Waals surface area (Å²) in [5, 5.41) is 2.77. The number of anilines is 1. The topological polar surface area (TPSA) is 80.6 Å². The number of nitrogens with zero attached hydrogens (tertiary/aromatic N) is 2. The number of ether oxygens (including phenoxy) is 1. The van der Waals surface area contributed by atoms with Crippen molar-refractivity contribution in [2.45, 2.75) is 19.9 Å². The zero-order valence-corrected chi connectivity index (χ0v) is 18.7. The molecule has 8 heteroatoms. The van der Waals surface area contributed by atoms with Gasteiger partial charge in [-0.1, -0.05) is 42.8 Å². The molecule has 4 rings (SSSR count). The van der Waals surface area contributed by atoms with Gasteiger partial charge in [-0.2, -0.15) is 0 Å². The number of aromatic nitrogens is 1. The molecule has 1 saturated heterocycles. The fourth-order valence-electron chi connectivity index (χ4n) is 3.50. The summed E-state index contributed by atoms with van der Waals surface area (Å²) in [6, 6.07) is 17.1. The normalized spacial score (nSPS) is 15.2. The van der Waals surface area contributed by atoms with E-state index in [-0.39, 0.29) is 5.57 Å². The number of nitrogens with one attached hydrogen (secondary N) is 1. The van der Waals surface area contributed by atoms with Gasteiger partial charge in [0.25, 0.3) is 11.8 Å². The molecule has 2 heterocycles. The molecule has 0 aliphatic carbocycles. The molecule has 1 N–H and O–H groups in total. The molecule has 0 radical (unpaired) electrons. The number of halogens is 1. The van der Waals surface area contributed by atoms with Gasteiger partial charge in [-0.15, -0.1) is 0 Å². The van der Waals surface area contributed by atoms with Crippen LogP contribution in [-0.4, -0.2) is 29.0 Å². The number of carbonyl (C=O) groups is 3. The van der Waals surface area contributed by atoms with Gasteiger partial charge in [0.2, 0.25) is 0 Å². The molecular formula is C25H22ClN3O4. The van der Waals surface area contributed by atoms with Crippen molar-refractivity contribution in [3.8, 4) is 5.75 Å². The highest BCUT2D eigenvalue weighted by Gasteiger charge is 2.36. The van der Waals surface area contributed by atoms with Gasteiger partial charge in [0.15, 0.2) is 0 Å². The van der Waals surface area contributed by atoms with Gasteiger partial charge in [-0.3, -0.25) is 14.9 Å². The van der Waals surface area contributed by atoms with Gasteiger partial charge in [-0.25, -0.2) is 9.69 Å². The minimum Gasteiger partial charge on any atom is -0.490 e. The molecule has 1 aliphatic rings. The van der Waals surface area contributed by atoms with E-state index in [1.165, 1.54) is 6.08 Å². The Hall–Kier alpha value is -3.84. The van der Waals surface area contributed by atoms with Crippen molar-refractivity contribution in [1.29, 1.82) is 0 Å². The number of benzene rings is 2. The van der Waals surface area contributed by atoms with Crippen LogP contribution in [0.4, 0.5) is 10.5 Å². The molecule has 0 atom stereocenters. The Balaban J connectivity index is 1.53. The van der Waals surface area contributed by atoms with E-state index in [1.54, 1.807) is 36.4 Å². The fourth-order valence-corrected chi connectivity index (χ4v) is 3.69. The Bertz CT molecular complexity index is 1230. The number of barbiturate groups is 1. The highest BCUT2D eigenvalue weighted by Crippen LogP contribution is 2.24. The Morgan fingerprint density at radius 2 is 1.76 bits per heavy atom. The van der Waals surface area contributed by atoms with E-state index in [1.807, 2.05) is 42.0 Å². The van der Waals surface area contributed by atoms with E-state index in [0.717, 1.165) is 16.9 Å². The molecule has 4 amide bonds. The van der Waals surface area contributed by atoms with Crippen LogP contribution in [0.5, 0.6) is 5.75 Å². The monoisotopic (exact) mass is 463 g/mol. The minimum absolute atomic E-state index is 0.124. The number of aryl methyl sites for hydroxylation is 1. The van der Waals surface area contributed by atoms with Gasteiger partial charge in [-0.05, 0) is 54.5 Å². The summed E-state index contributed by atoms with van der Waals surface area (Å²) in [5.74, 6) is -0.823. The third-order valence-corrected chi connectivity index (χ3v) is 5.60. The van der Waals surface area contributed by atoms with Crippen molar-refractivity contribution in [2.75, 3.05) is 11.5 Å². The Labute approximate surface area is 196 Å². The predicted molar refractivity (Wildman–Crippen MR) is 126 cm³/mol. The Morgan fingerprint density at radius 1 is 1.00 bits per heavy atom. The van der Waals surface area contributed by atoms with E-state index in [9.17, 15) is 14.4 Å². The van der Waals surface area contributed by atoms with Gasteiger partial charge in [0.05, 0.1) is 17.3 Å². The van der Waals surface area contributed by atoms with Crippen LogP contribution >= 0.6 is 11.6 Å². The van der Waals surface area contributed by atoms with Crippen LogP contribution in [-0.2, 0) is 22.6 Å². The number of hydrogen-bond donors (Lipinski definition) is 1. The van der Waals surface area contributed by atoms with Crippen LogP contribution in [0.15, 0.2) is 72.4 Å². The van der Waals surface area contributed by atoms with E-state index in [2.05, 4.69) is 5.32 Å². The van der Waals surface area contributed by atoms with Crippen LogP contribution in [0.1, 0.15) is 18.2 Å². The zero-order chi connectivity index (χ0) is 23.4. The second kappa shape index (κ2) is 9.75. The van der Waals surface area contributed by atoms with Crippen molar-refractivity contribution >= 4 is 41.2 Å². The molecule has 0 saturated carbocycles. The van der Waals surface area contributed by atoms with Gasteiger partial charge < -0.3 is 9.30 Å². The molecule has 7 nitrogen and oxygen atoms in total.